The van der Waals surface area contributed by atoms with Crippen LogP contribution in [0.15, 0.2) is 43.1 Å². The molecule has 2 N–H and O–H groups in total. The number of nitrogens with zero attached hydrogens (tertiary/aromatic N) is 4. The molecule has 19 heavy (non-hydrogen) atoms. The van der Waals surface area contributed by atoms with Crippen LogP contribution < -0.4 is 5.73 Å². The summed E-state index contributed by atoms with van der Waals surface area (Å²) in [7, 11) is 1.98. The fourth-order valence-corrected chi connectivity index (χ4v) is 2.29. The van der Waals surface area contributed by atoms with Gasteiger partial charge in [0.15, 0.2) is 0 Å². The SMILES string of the molecule is Cn1cnc2cc(C(CN)c3cnccn3)ccc21. The molecule has 1 aromatic carbocycles. The van der Waals surface area contributed by atoms with E-state index in [0.717, 1.165) is 22.3 Å². The Hall–Kier alpha value is -2.27. The Kier molecular flexibility index (Phi) is 2.97. The number of nitrogens with two attached hydrogens (primary N) is 1. The molecular weight excluding hydrogens is 238 g/mol. The first-order chi connectivity index (χ1) is 9.29. The maximum absolute atomic E-state index is 5.89. The lowest BCUT2D eigenvalue weighted by Gasteiger charge is -2.14. The van der Waals surface area contributed by atoms with Crippen LogP contribution in [-0.4, -0.2) is 26.1 Å². The van der Waals surface area contributed by atoms with Crippen LogP contribution in [0.2, 0.25) is 0 Å². The summed E-state index contributed by atoms with van der Waals surface area (Å²) in [6.45, 7) is 0.497. The highest BCUT2D eigenvalue weighted by Crippen LogP contribution is 2.24. The van der Waals surface area contributed by atoms with E-state index in [4.69, 9.17) is 5.73 Å². The number of aromatic nitrogens is 4. The Morgan fingerprint density at radius 1 is 1.26 bits per heavy atom. The normalized spacial score (nSPS) is 12.7. The van der Waals surface area contributed by atoms with Gasteiger partial charge >= 0.3 is 0 Å². The van der Waals surface area contributed by atoms with E-state index in [1.807, 2.05) is 17.9 Å². The van der Waals surface area contributed by atoms with Crippen molar-refractivity contribution in [2.75, 3.05) is 6.54 Å². The topological polar surface area (TPSA) is 69.6 Å². The highest BCUT2D eigenvalue weighted by molar-refractivity contribution is 5.76. The Morgan fingerprint density at radius 3 is 2.89 bits per heavy atom. The molecule has 3 rings (SSSR count). The first-order valence-electron chi connectivity index (χ1n) is 6.16. The first-order valence-corrected chi connectivity index (χ1v) is 6.16. The van der Waals surface area contributed by atoms with Crippen LogP contribution in [0.5, 0.6) is 0 Å². The van der Waals surface area contributed by atoms with Crippen LogP contribution in [0.25, 0.3) is 11.0 Å². The lowest BCUT2D eigenvalue weighted by molar-refractivity contribution is 0.780. The molecule has 0 bridgehead atoms. The number of benzene rings is 1. The molecule has 96 valence electrons. The number of hydrogen-bond donors (Lipinski definition) is 1. The molecule has 2 heterocycles. The van der Waals surface area contributed by atoms with Crippen molar-refractivity contribution in [3.8, 4) is 0 Å². The largest absolute Gasteiger partial charge is 0.334 e. The highest BCUT2D eigenvalue weighted by Gasteiger charge is 2.15. The number of aryl methyl sites for hydroxylation is 1. The third-order valence-corrected chi connectivity index (χ3v) is 3.33. The summed E-state index contributed by atoms with van der Waals surface area (Å²) in [5.41, 5.74) is 9.99. The summed E-state index contributed by atoms with van der Waals surface area (Å²) in [6, 6.07) is 6.22. The van der Waals surface area contributed by atoms with E-state index >= 15 is 0 Å². The summed E-state index contributed by atoms with van der Waals surface area (Å²) in [6.07, 6.45) is 6.94. The number of rotatable bonds is 3. The lowest BCUT2D eigenvalue weighted by atomic mass is 9.95. The highest BCUT2D eigenvalue weighted by atomic mass is 15.0. The van der Waals surface area contributed by atoms with Gasteiger partial charge in [-0.1, -0.05) is 6.07 Å². The van der Waals surface area contributed by atoms with Crippen molar-refractivity contribution in [1.82, 2.24) is 19.5 Å². The summed E-state index contributed by atoms with van der Waals surface area (Å²) in [5, 5.41) is 0. The van der Waals surface area contributed by atoms with E-state index in [9.17, 15) is 0 Å². The van der Waals surface area contributed by atoms with Gasteiger partial charge in [0.1, 0.15) is 0 Å². The smallest absolute Gasteiger partial charge is 0.0955 e. The molecule has 0 saturated carbocycles. The Bertz CT molecular complexity index is 689. The molecule has 0 aliphatic carbocycles. The van der Waals surface area contributed by atoms with Crippen molar-refractivity contribution in [2.24, 2.45) is 12.8 Å². The molecule has 0 radical (unpaired) electrons. The van der Waals surface area contributed by atoms with Crippen molar-refractivity contribution in [2.45, 2.75) is 5.92 Å². The zero-order valence-corrected chi connectivity index (χ0v) is 10.7. The van der Waals surface area contributed by atoms with E-state index in [0.29, 0.717) is 6.54 Å². The molecule has 0 aliphatic rings. The van der Waals surface area contributed by atoms with Crippen molar-refractivity contribution < 1.29 is 0 Å². The Labute approximate surface area is 111 Å². The predicted octanol–water partition coefficient (Wildman–Crippen LogP) is 1.45. The molecule has 0 amide bonds. The minimum absolute atomic E-state index is 0.0557. The average molecular weight is 253 g/mol. The van der Waals surface area contributed by atoms with Crippen LogP contribution in [0.1, 0.15) is 17.2 Å². The maximum Gasteiger partial charge on any atom is 0.0955 e. The van der Waals surface area contributed by atoms with Gasteiger partial charge in [-0.05, 0) is 17.7 Å². The van der Waals surface area contributed by atoms with E-state index in [-0.39, 0.29) is 5.92 Å². The van der Waals surface area contributed by atoms with Gasteiger partial charge in [0.05, 0.1) is 23.1 Å². The second kappa shape index (κ2) is 4.78. The van der Waals surface area contributed by atoms with Gasteiger partial charge in [0.25, 0.3) is 0 Å². The van der Waals surface area contributed by atoms with E-state index in [1.54, 1.807) is 18.6 Å². The molecule has 5 heteroatoms. The molecular formula is C14H15N5. The van der Waals surface area contributed by atoms with Gasteiger partial charge < -0.3 is 10.3 Å². The van der Waals surface area contributed by atoms with Crippen LogP contribution in [0, 0.1) is 0 Å². The van der Waals surface area contributed by atoms with E-state index in [1.165, 1.54) is 0 Å². The predicted molar refractivity (Wildman–Crippen MR) is 73.6 cm³/mol. The quantitative estimate of drug-likeness (QED) is 0.767. The zero-order chi connectivity index (χ0) is 13.2. The van der Waals surface area contributed by atoms with Crippen LogP contribution in [0.3, 0.4) is 0 Å². The van der Waals surface area contributed by atoms with E-state index < -0.39 is 0 Å². The van der Waals surface area contributed by atoms with Crippen LogP contribution in [-0.2, 0) is 7.05 Å². The number of imidazole rings is 1. The number of fused-ring (bicyclic) bond motifs is 1. The van der Waals surface area contributed by atoms with Gasteiger partial charge in [-0.25, -0.2) is 4.98 Å². The average Bonchev–Trinajstić information content (AvgIpc) is 2.82. The fourth-order valence-electron chi connectivity index (χ4n) is 2.29. The monoisotopic (exact) mass is 253 g/mol. The summed E-state index contributed by atoms with van der Waals surface area (Å²) in [5.74, 6) is 0.0557. The molecule has 0 fully saturated rings. The molecule has 0 spiro atoms. The summed E-state index contributed by atoms with van der Waals surface area (Å²) < 4.78 is 2.00. The molecule has 1 atom stereocenters. The number of hydrogen-bond acceptors (Lipinski definition) is 4. The zero-order valence-electron chi connectivity index (χ0n) is 10.7. The third-order valence-electron chi connectivity index (χ3n) is 3.33. The standard InChI is InChI=1S/C14H15N5/c1-19-9-18-12-6-10(2-3-14(12)19)11(7-15)13-8-16-4-5-17-13/h2-6,8-9,11H,7,15H2,1H3. The molecule has 0 aliphatic heterocycles. The van der Waals surface area contributed by atoms with Gasteiger partial charge in [-0.3, -0.25) is 9.97 Å². The molecule has 3 aromatic rings. The van der Waals surface area contributed by atoms with E-state index in [2.05, 4.69) is 33.2 Å². The van der Waals surface area contributed by atoms with Gasteiger partial charge in [0.2, 0.25) is 0 Å². The van der Waals surface area contributed by atoms with Crippen LogP contribution >= 0.6 is 0 Å². The summed E-state index contributed by atoms with van der Waals surface area (Å²) >= 11 is 0. The molecule has 0 saturated heterocycles. The van der Waals surface area contributed by atoms with Crippen LogP contribution in [0.4, 0.5) is 0 Å². The first kappa shape index (κ1) is 11.8. The van der Waals surface area contributed by atoms with Gasteiger partial charge in [0, 0.05) is 38.1 Å². The Morgan fingerprint density at radius 2 is 2.16 bits per heavy atom. The minimum atomic E-state index is 0.0557. The van der Waals surface area contributed by atoms with Crippen molar-refractivity contribution in [3.63, 3.8) is 0 Å². The Balaban J connectivity index is 2.06. The van der Waals surface area contributed by atoms with Crippen molar-refractivity contribution >= 4 is 11.0 Å². The van der Waals surface area contributed by atoms with Gasteiger partial charge in [-0.15, -0.1) is 0 Å². The summed E-state index contributed by atoms with van der Waals surface area (Å²) in [4.78, 5) is 12.8. The second-order valence-electron chi connectivity index (χ2n) is 4.52. The molecule has 2 aromatic heterocycles. The second-order valence-corrected chi connectivity index (χ2v) is 4.52. The molecule has 5 nitrogen and oxygen atoms in total. The lowest BCUT2D eigenvalue weighted by Crippen LogP contribution is -2.15. The van der Waals surface area contributed by atoms with Crippen molar-refractivity contribution in [1.29, 1.82) is 0 Å². The fraction of sp³-hybridized carbons (Fsp3) is 0.214. The third kappa shape index (κ3) is 2.08. The van der Waals surface area contributed by atoms with Crippen molar-refractivity contribution in [3.05, 3.63) is 54.4 Å². The maximum atomic E-state index is 5.89. The van der Waals surface area contributed by atoms with Gasteiger partial charge in [-0.2, -0.15) is 0 Å². The minimum Gasteiger partial charge on any atom is -0.334 e. The molecule has 1 unspecified atom stereocenters.